The van der Waals surface area contributed by atoms with Crippen LogP contribution < -0.4 is 4.90 Å². The van der Waals surface area contributed by atoms with Crippen molar-refractivity contribution < 1.29 is 8.78 Å². The highest BCUT2D eigenvalue weighted by atomic mass is 32.1. The maximum absolute atomic E-state index is 14.6. The van der Waals surface area contributed by atoms with E-state index in [0.717, 1.165) is 28.6 Å². The fourth-order valence-electron chi connectivity index (χ4n) is 2.83. The monoisotopic (exact) mass is 379 g/mol. The van der Waals surface area contributed by atoms with Crippen LogP contribution in [0.2, 0.25) is 0 Å². The Morgan fingerprint density at radius 3 is 2.56 bits per heavy atom. The normalized spacial score (nSPS) is 10.8. The predicted molar refractivity (Wildman–Crippen MR) is 105 cm³/mol. The molecule has 2 aromatic heterocycles. The van der Waals surface area contributed by atoms with Gasteiger partial charge in [0.15, 0.2) is 5.13 Å². The Labute approximate surface area is 159 Å². The van der Waals surface area contributed by atoms with Gasteiger partial charge in [0, 0.05) is 29.4 Å². The SMILES string of the molecule is Cc1ccccc1N(c1nc(-c2cccnc2)cs1)c1ccc(F)cc1F. The van der Waals surface area contributed by atoms with E-state index in [9.17, 15) is 8.78 Å². The van der Waals surface area contributed by atoms with Crippen LogP contribution in [0.5, 0.6) is 0 Å². The average molecular weight is 379 g/mol. The third kappa shape index (κ3) is 3.44. The number of hydrogen-bond donors (Lipinski definition) is 0. The summed E-state index contributed by atoms with van der Waals surface area (Å²) < 4.78 is 28.1. The van der Waals surface area contributed by atoms with Crippen LogP contribution in [0.25, 0.3) is 11.3 Å². The quantitative estimate of drug-likeness (QED) is 0.419. The molecule has 4 rings (SSSR count). The summed E-state index contributed by atoms with van der Waals surface area (Å²) in [7, 11) is 0. The molecule has 0 amide bonds. The largest absolute Gasteiger partial charge is 0.283 e. The van der Waals surface area contributed by atoms with Crippen LogP contribution in [-0.2, 0) is 0 Å². The van der Waals surface area contributed by atoms with Gasteiger partial charge in [0.1, 0.15) is 11.6 Å². The second-order valence-corrected chi connectivity index (χ2v) is 6.81. The molecule has 0 atom stereocenters. The Balaban J connectivity index is 1.87. The van der Waals surface area contributed by atoms with Gasteiger partial charge in [0.2, 0.25) is 0 Å². The Morgan fingerprint density at radius 2 is 1.81 bits per heavy atom. The highest BCUT2D eigenvalue weighted by Gasteiger charge is 2.21. The minimum atomic E-state index is -0.642. The van der Waals surface area contributed by atoms with Gasteiger partial charge in [0.05, 0.1) is 17.1 Å². The van der Waals surface area contributed by atoms with Crippen LogP contribution in [0.15, 0.2) is 72.4 Å². The molecular formula is C21H15F2N3S. The number of anilines is 3. The third-order valence-corrected chi connectivity index (χ3v) is 4.97. The van der Waals surface area contributed by atoms with E-state index < -0.39 is 11.6 Å². The van der Waals surface area contributed by atoms with Crippen molar-refractivity contribution in [3.63, 3.8) is 0 Å². The highest BCUT2D eigenvalue weighted by molar-refractivity contribution is 7.14. The lowest BCUT2D eigenvalue weighted by Gasteiger charge is -2.24. The van der Waals surface area contributed by atoms with Gasteiger partial charge in [-0.25, -0.2) is 13.8 Å². The van der Waals surface area contributed by atoms with Crippen molar-refractivity contribution >= 4 is 27.8 Å². The fraction of sp³-hybridized carbons (Fsp3) is 0.0476. The molecule has 0 radical (unpaired) electrons. The molecule has 0 aliphatic rings. The molecule has 2 aromatic carbocycles. The molecule has 0 aliphatic heterocycles. The van der Waals surface area contributed by atoms with Crippen molar-refractivity contribution in [3.05, 3.63) is 89.6 Å². The zero-order valence-electron chi connectivity index (χ0n) is 14.4. The summed E-state index contributed by atoms with van der Waals surface area (Å²) in [6.45, 7) is 1.94. The van der Waals surface area contributed by atoms with Gasteiger partial charge in [0.25, 0.3) is 0 Å². The van der Waals surface area contributed by atoms with Crippen LogP contribution in [0, 0.1) is 18.6 Å². The average Bonchev–Trinajstić information content (AvgIpc) is 3.16. The van der Waals surface area contributed by atoms with Crippen molar-refractivity contribution in [2.24, 2.45) is 0 Å². The van der Waals surface area contributed by atoms with Crippen molar-refractivity contribution in [3.8, 4) is 11.3 Å². The van der Waals surface area contributed by atoms with Gasteiger partial charge in [-0.2, -0.15) is 0 Å². The number of thiazole rings is 1. The number of halogens is 2. The third-order valence-electron chi connectivity index (χ3n) is 4.15. The molecule has 0 N–H and O–H groups in total. The fourth-order valence-corrected chi connectivity index (χ4v) is 3.69. The van der Waals surface area contributed by atoms with Crippen molar-refractivity contribution in [1.29, 1.82) is 0 Å². The van der Waals surface area contributed by atoms with Crippen molar-refractivity contribution in [2.45, 2.75) is 6.92 Å². The second-order valence-electron chi connectivity index (χ2n) is 5.97. The minimum absolute atomic E-state index is 0.248. The van der Waals surface area contributed by atoms with E-state index in [1.165, 1.54) is 23.5 Å². The first-order valence-corrected chi connectivity index (χ1v) is 9.18. The lowest BCUT2D eigenvalue weighted by molar-refractivity contribution is 0.584. The van der Waals surface area contributed by atoms with Crippen LogP contribution in [-0.4, -0.2) is 9.97 Å². The van der Waals surface area contributed by atoms with Crippen LogP contribution >= 0.6 is 11.3 Å². The maximum Gasteiger partial charge on any atom is 0.195 e. The summed E-state index contributed by atoms with van der Waals surface area (Å²) in [5, 5.41) is 2.49. The van der Waals surface area contributed by atoms with E-state index in [2.05, 4.69) is 9.97 Å². The van der Waals surface area contributed by atoms with Crippen LogP contribution in [0.1, 0.15) is 5.56 Å². The first-order valence-electron chi connectivity index (χ1n) is 8.30. The van der Waals surface area contributed by atoms with E-state index in [0.29, 0.717) is 5.13 Å². The topological polar surface area (TPSA) is 29.0 Å². The summed E-state index contributed by atoms with van der Waals surface area (Å²) in [6, 6.07) is 15.0. The van der Waals surface area contributed by atoms with E-state index >= 15 is 0 Å². The van der Waals surface area contributed by atoms with E-state index in [4.69, 9.17) is 0 Å². The lowest BCUT2D eigenvalue weighted by Crippen LogP contribution is -2.13. The Morgan fingerprint density at radius 1 is 0.963 bits per heavy atom. The van der Waals surface area contributed by atoms with Gasteiger partial charge >= 0.3 is 0 Å². The zero-order chi connectivity index (χ0) is 18.8. The molecule has 134 valence electrons. The van der Waals surface area contributed by atoms with Crippen molar-refractivity contribution in [1.82, 2.24) is 9.97 Å². The highest BCUT2D eigenvalue weighted by Crippen LogP contribution is 2.40. The maximum atomic E-state index is 14.6. The number of aryl methyl sites for hydroxylation is 1. The number of para-hydroxylation sites is 1. The molecular weight excluding hydrogens is 364 g/mol. The summed E-state index contributed by atoms with van der Waals surface area (Å²) >= 11 is 1.39. The van der Waals surface area contributed by atoms with Crippen LogP contribution in [0.3, 0.4) is 0 Å². The van der Waals surface area contributed by atoms with Crippen LogP contribution in [0.4, 0.5) is 25.3 Å². The number of nitrogens with zero attached hydrogens (tertiary/aromatic N) is 3. The molecule has 0 bridgehead atoms. The standard InChI is InChI=1S/C21H15F2N3S/c1-14-5-2-3-7-19(14)26(20-9-8-16(22)11-17(20)23)21-25-18(13-27-21)15-6-4-10-24-12-15/h2-13H,1H3. The number of hydrogen-bond acceptors (Lipinski definition) is 4. The molecule has 0 unspecified atom stereocenters. The Kier molecular flexibility index (Phi) is 4.64. The smallest absolute Gasteiger partial charge is 0.195 e. The minimum Gasteiger partial charge on any atom is -0.283 e. The molecule has 0 saturated heterocycles. The Hall–Kier alpha value is -3.12. The molecule has 3 nitrogen and oxygen atoms in total. The molecule has 6 heteroatoms. The molecule has 0 fully saturated rings. The Bertz CT molecular complexity index is 1080. The zero-order valence-corrected chi connectivity index (χ0v) is 15.3. The van der Waals surface area contributed by atoms with Gasteiger partial charge < -0.3 is 0 Å². The molecule has 0 aliphatic carbocycles. The summed E-state index contributed by atoms with van der Waals surface area (Å²) in [5.41, 5.74) is 3.63. The van der Waals surface area contributed by atoms with Gasteiger partial charge in [-0.15, -0.1) is 11.3 Å². The van der Waals surface area contributed by atoms with Crippen molar-refractivity contribution in [2.75, 3.05) is 4.90 Å². The summed E-state index contributed by atoms with van der Waals surface area (Å²) in [5.74, 6) is -1.26. The van der Waals surface area contributed by atoms with E-state index in [-0.39, 0.29) is 5.69 Å². The van der Waals surface area contributed by atoms with E-state index in [1.54, 1.807) is 17.3 Å². The first kappa shape index (κ1) is 17.3. The molecule has 27 heavy (non-hydrogen) atoms. The summed E-state index contributed by atoms with van der Waals surface area (Å²) in [4.78, 5) is 10.5. The van der Waals surface area contributed by atoms with E-state index in [1.807, 2.05) is 48.7 Å². The lowest BCUT2D eigenvalue weighted by atomic mass is 10.1. The number of aromatic nitrogens is 2. The number of rotatable bonds is 4. The second kappa shape index (κ2) is 7.25. The molecule has 2 heterocycles. The number of benzene rings is 2. The van der Waals surface area contributed by atoms with Gasteiger partial charge in [-0.3, -0.25) is 9.88 Å². The molecule has 4 aromatic rings. The molecule has 0 saturated carbocycles. The first-order chi connectivity index (χ1) is 13.1. The van der Waals surface area contributed by atoms with Gasteiger partial charge in [-0.05, 0) is 42.8 Å². The molecule has 0 spiro atoms. The summed E-state index contributed by atoms with van der Waals surface area (Å²) in [6.07, 6.45) is 3.43. The predicted octanol–water partition coefficient (Wildman–Crippen LogP) is 6.26. The number of pyridine rings is 1. The van der Waals surface area contributed by atoms with Gasteiger partial charge in [-0.1, -0.05) is 18.2 Å².